The van der Waals surface area contributed by atoms with Crippen molar-refractivity contribution in [2.75, 3.05) is 12.9 Å². The zero-order valence-corrected chi connectivity index (χ0v) is 14.3. The quantitative estimate of drug-likeness (QED) is 0.729. The fraction of sp³-hybridized carbons (Fsp3) is 0.500. The Morgan fingerprint density at radius 3 is 2.55 bits per heavy atom. The standard InChI is InChI=1S/C14H19BrO4S/c1-4-10(2)8-20(17,18)9-12-6-5-11(7-13(12)15)14(16)19-3/h5-7,10H,4,8-9H2,1-3H3. The van der Waals surface area contributed by atoms with Gasteiger partial charge in [-0.15, -0.1) is 0 Å². The summed E-state index contributed by atoms with van der Waals surface area (Å²) in [6, 6.07) is 4.80. The van der Waals surface area contributed by atoms with E-state index in [2.05, 4.69) is 20.7 Å². The lowest BCUT2D eigenvalue weighted by molar-refractivity contribution is 0.0600. The predicted molar refractivity (Wildman–Crippen MR) is 82.4 cm³/mol. The number of rotatable bonds is 6. The summed E-state index contributed by atoms with van der Waals surface area (Å²) in [4.78, 5) is 11.4. The molecule has 0 N–H and O–H groups in total. The highest BCUT2D eigenvalue weighted by Gasteiger charge is 2.18. The van der Waals surface area contributed by atoms with Crippen molar-refractivity contribution >= 4 is 31.7 Å². The number of ether oxygens (including phenoxy) is 1. The summed E-state index contributed by atoms with van der Waals surface area (Å²) in [5.41, 5.74) is 1.04. The fourth-order valence-corrected chi connectivity index (χ4v) is 4.41. The molecule has 1 aromatic rings. The van der Waals surface area contributed by atoms with Crippen molar-refractivity contribution in [2.45, 2.75) is 26.0 Å². The van der Waals surface area contributed by atoms with E-state index in [-0.39, 0.29) is 17.4 Å². The highest BCUT2D eigenvalue weighted by Crippen LogP contribution is 2.22. The summed E-state index contributed by atoms with van der Waals surface area (Å²) in [7, 11) is -1.85. The molecule has 1 atom stereocenters. The number of benzene rings is 1. The monoisotopic (exact) mass is 362 g/mol. The SMILES string of the molecule is CCC(C)CS(=O)(=O)Cc1ccc(C(=O)OC)cc1Br. The van der Waals surface area contributed by atoms with Crippen LogP contribution in [0.15, 0.2) is 22.7 Å². The van der Waals surface area contributed by atoms with Gasteiger partial charge >= 0.3 is 5.97 Å². The van der Waals surface area contributed by atoms with Crippen LogP contribution in [0.2, 0.25) is 0 Å². The maximum atomic E-state index is 12.1. The van der Waals surface area contributed by atoms with E-state index >= 15 is 0 Å². The van der Waals surface area contributed by atoms with Crippen LogP contribution in [-0.4, -0.2) is 27.2 Å². The normalized spacial score (nSPS) is 13.0. The van der Waals surface area contributed by atoms with E-state index < -0.39 is 15.8 Å². The number of sulfone groups is 1. The molecular weight excluding hydrogens is 344 g/mol. The molecule has 0 amide bonds. The van der Waals surface area contributed by atoms with Gasteiger partial charge in [0.25, 0.3) is 0 Å². The molecule has 0 saturated carbocycles. The molecule has 4 nitrogen and oxygen atoms in total. The second-order valence-corrected chi connectivity index (χ2v) is 7.83. The molecular formula is C14H19BrO4S. The zero-order valence-electron chi connectivity index (χ0n) is 11.8. The Morgan fingerprint density at radius 1 is 1.40 bits per heavy atom. The first-order valence-corrected chi connectivity index (χ1v) is 8.97. The van der Waals surface area contributed by atoms with Crippen molar-refractivity contribution in [3.63, 3.8) is 0 Å². The first kappa shape index (κ1) is 17.2. The maximum absolute atomic E-state index is 12.1. The molecule has 0 bridgehead atoms. The minimum atomic E-state index is -3.15. The van der Waals surface area contributed by atoms with E-state index in [1.165, 1.54) is 7.11 Å². The lowest BCUT2D eigenvalue weighted by atomic mass is 10.1. The third-order valence-corrected chi connectivity index (χ3v) is 5.65. The number of esters is 1. The molecule has 112 valence electrons. The number of carbonyl (C=O) groups excluding carboxylic acids is 1. The molecule has 0 saturated heterocycles. The Bertz CT molecular complexity index is 581. The van der Waals surface area contributed by atoms with Gasteiger partial charge in [0.2, 0.25) is 0 Å². The summed E-state index contributed by atoms with van der Waals surface area (Å²) in [6.45, 7) is 3.90. The van der Waals surface area contributed by atoms with Gasteiger partial charge in [-0.3, -0.25) is 0 Å². The van der Waals surface area contributed by atoms with Crippen LogP contribution in [-0.2, 0) is 20.3 Å². The lowest BCUT2D eigenvalue weighted by Crippen LogP contribution is -2.15. The van der Waals surface area contributed by atoms with Crippen LogP contribution in [0.3, 0.4) is 0 Å². The molecule has 0 aliphatic rings. The average Bonchev–Trinajstić information content (AvgIpc) is 2.39. The van der Waals surface area contributed by atoms with Gasteiger partial charge in [0.15, 0.2) is 9.84 Å². The van der Waals surface area contributed by atoms with Crippen LogP contribution in [0.5, 0.6) is 0 Å². The maximum Gasteiger partial charge on any atom is 0.337 e. The molecule has 1 unspecified atom stereocenters. The van der Waals surface area contributed by atoms with Crippen molar-refractivity contribution in [2.24, 2.45) is 5.92 Å². The van der Waals surface area contributed by atoms with Crippen molar-refractivity contribution in [1.29, 1.82) is 0 Å². The number of hydrogen-bond acceptors (Lipinski definition) is 4. The second-order valence-electron chi connectivity index (χ2n) is 4.87. The highest BCUT2D eigenvalue weighted by atomic mass is 79.9. The van der Waals surface area contributed by atoms with Crippen LogP contribution in [0.4, 0.5) is 0 Å². The Hall–Kier alpha value is -0.880. The molecule has 6 heteroatoms. The minimum Gasteiger partial charge on any atom is -0.465 e. The first-order valence-electron chi connectivity index (χ1n) is 6.36. The van der Waals surface area contributed by atoms with Crippen molar-refractivity contribution in [3.8, 4) is 0 Å². The van der Waals surface area contributed by atoms with Crippen molar-refractivity contribution in [1.82, 2.24) is 0 Å². The van der Waals surface area contributed by atoms with Gasteiger partial charge in [-0.2, -0.15) is 0 Å². The van der Waals surface area contributed by atoms with Gasteiger partial charge in [0.05, 0.1) is 24.2 Å². The minimum absolute atomic E-state index is 0.0284. The molecule has 20 heavy (non-hydrogen) atoms. The number of hydrogen-bond donors (Lipinski definition) is 0. The zero-order chi connectivity index (χ0) is 15.3. The second kappa shape index (κ2) is 7.22. The lowest BCUT2D eigenvalue weighted by Gasteiger charge is -2.11. The fourth-order valence-electron chi connectivity index (χ4n) is 1.76. The van der Waals surface area contributed by atoms with E-state index in [1.807, 2.05) is 13.8 Å². The number of methoxy groups -OCH3 is 1. The van der Waals surface area contributed by atoms with Gasteiger partial charge in [-0.05, 0) is 23.6 Å². The van der Waals surface area contributed by atoms with Crippen LogP contribution >= 0.6 is 15.9 Å². The molecule has 0 spiro atoms. The Kier molecular flexibility index (Phi) is 6.20. The summed E-state index contributed by atoms with van der Waals surface area (Å²) in [5, 5.41) is 0. The summed E-state index contributed by atoms with van der Waals surface area (Å²) in [6.07, 6.45) is 0.835. The molecule has 0 fully saturated rings. The van der Waals surface area contributed by atoms with Crippen LogP contribution < -0.4 is 0 Å². The molecule has 0 heterocycles. The van der Waals surface area contributed by atoms with E-state index in [0.717, 1.165) is 6.42 Å². The third kappa shape index (κ3) is 4.90. The molecule has 0 aliphatic heterocycles. The molecule has 0 radical (unpaired) electrons. The smallest absolute Gasteiger partial charge is 0.337 e. The van der Waals surface area contributed by atoms with Gasteiger partial charge in [-0.25, -0.2) is 13.2 Å². The van der Waals surface area contributed by atoms with Gasteiger partial charge < -0.3 is 4.74 Å². The average molecular weight is 363 g/mol. The van der Waals surface area contributed by atoms with Crippen LogP contribution in [0, 0.1) is 5.92 Å². The number of halogens is 1. The van der Waals surface area contributed by atoms with E-state index in [0.29, 0.717) is 15.6 Å². The van der Waals surface area contributed by atoms with E-state index in [1.54, 1.807) is 18.2 Å². The van der Waals surface area contributed by atoms with Crippen LogP contribution in [0.1, 0.15) is 36.2 Å². The summed E-state index contributed by atoms with van der Waals surface area (Å²) < 4.78 is 29.4. The van der Waals surface area contributed by atoms with E-state index in [4.69, 9.17) is 0 Å². The van der Waals surface area contributed by atoms with Gasteiger partial charge in [0.1, 0.15) is 0 Å². The largest absolute Gasteiger partial charge is 0.465 e. The summed E-state index contributed by atoms with van der Waals surface area (Å²) in [5.74, 6) is -0.151. The first-order chi connectivity index (χ1) is 9.29. The Morgan fingerprint density at radius 2 is 2.05 bits per heavy atom. The van der Waals surface area contributed by atoms with Crippen LogP contribution in [0.25, 0.3) is 0 Å². The highest BCUT2D eigenvalue weighted by molar-refractivity contribution is 9.10. The Balaban J connectivity index is 2.91. The third-order valence-electron chi connectivity index (χ3n) is 3.08. The van der Waals surface area contributed by atoms with Gasteiger partial charge in [0, 0.05) is 4.47 Å². The Labute approximate surface area is 128 Å². The predicted octanol–water partition coefficient (Wildman–Crippen LogP) is 3.20. The van der Waals surface area contributed by atoms with Crippen molar-refractivity contribution < 1.29 is 17.9 Å². The van der Waals surface area contributed by atoms with Gasteiger partial charge in [-0.1, -0.05) is 42.3 Å². The summed E-state index contributed by atoms with van der Waals surface area (Å²) >= 11 is 3.31. The van der Waals surface area contributed by atoms with Crippen molar-refractivity contribution in [3.05, 3.63) is 33.8 Å². The molecule has 0 aromatic heterocycles. The molecule has 1 aromatic carbocycles. The van der Waals surface area contributed by atoms with E-state index in [9.17, 15) is 13.2 Å². The molecule has 1 rings (SSSR count). The topological polar surface area (TPSA) is 60.4 Å². The number of carbonyl (C=O) groups is 1. The molecule has 0 aliphatic carbocycles.